The Morgan fingerprint density at radius 3 is 2.69 bits per heavy atom. The average molecular weight is 495 g/mol. The normalized spacial score (nSPS) is 14.1. The van der Waals surface area contributed by atoms with E-state index in [1.165, 1.54) is 0 Å². The topological polar surface area (TPSA) is 121 Å². The summed E-state index contributed by atoms with van der Waals surface area (Å²) in [6.07, 6.45) is 1.65. The van der Waals surface area contributed by atoms with Crippen molar-refractivity contribution < 1.29 is 18.6 Å². The van der Waals surface area contributed by atoms with Crippen LogP contribution < -0.4 is 15.0 Å². The molecule has 0 saturated carbocycles. The van der Waals surface area contributed by atoms with Crippen molar-refractivity contribution in [3.05, 3.63) is 64.1 Å². The number of hydrogen-bond acceptors (Lipinski definition) is 9. The van der Waals surface area contributed by atoms with Crippen LogP contribution in [0.4, 0.5) is 0 Å². The van der Waals surface area contributed by atoms with Crippen molar-refractivity contribution in [3.63, 3.8) is 0 Å². The highest BCUT2D eigenvalue weighted by Gasteiger charge is 2.30. The molecular weight excluding hydrogens is 464 g/mol. The van der Waals surface area contributed by atoms with E-state index in [0.717, 1.165) is 11.1 Å². The molecule has 0 radical (unpaired) electrons. The molecule has 190 valence electrons. The summed E-state index contributed by atoms with van der Waals surface area (Å²) in [6.45, 7) is 7.07. The molecule has 1 N–H and O–H groups in total. The molecule has 1 aliphatic rings. The fourth-order valence-corrected chi connectivity index (χ4v) is 4.62. The zero-order valence-electron chi connectivity index (χ0n) is 20.6. The van der Waals surface area contributed by atoms with Crippen LogP contribution in [0.1, 0.15) is 37.0 Å². The number of ether oxygens (including phenoxy) is 3. The molecule has 1 aliphatic heterocycles. The van der Waals surface area contributed by atoms with Crippen LogP contribution in [0.5, 0.6) is 11.5 Å². The number of aromatic nitrogens is 5. The van der Waals surface area contributed by atoms with E-state index >= 15 is 0 Å². The van der Waals surface area contributed by atoms with Gasteiger partial charge in [-0.25, -0.2) is 4.68 Å². The van der Waals surface area contributed by atoms with E-state index < -0.39 is 0 Å². The predicted octanol–water partition coefficient (Wildman–Crippen LogP) is 2.92. The quantitative estimate of drug-likeness (QED) is 0.355. The van der Waals surface area contributed by atoms with Crippen molar-refractivity contribution in [2.24, 2.45) is 5.92 Å². The van der Waals surface area contributed by atoms with Crippen molar-refractivity contribution in [2.45, 2.75) is 39.5 Å². The summed E-state index contributed by atoms with van der Waals surface area (Å²) in [7, 11) is 1.65. The van der Waals surface area contributed by atoms with E-state index in [2.05, 4.69) is 39.3 Å². The molecule has 0 fully saturated rings. The summed E-state index contributed by atoms with van der Waals surface area (Å²) in [5.41, 5.74) is 1.16. The Bertz CT molecular complexity index is 1360. The summed E-state index contributed by atoms with van der Waals surface area (Å²) in [6, 6.07) is 9.23. The Labute approximate surface area is 207 Å². The fourth-order valence-electron chi connectivity index (χ4n) is 4.62. The molecule has 0 unspecified atom stereocenters. The second kappa shape index (κ2) is 10.5. The maximum Gasteiger partial charge on any atom is 0.252 e. The summed E-state index contributed by atoms with van der Waals surface area (Å²) >= 11 is 0. The second-order valence-electron chi connectivity index (χ2n) is 9.13. The van der Waals surface area contributed by atoms with Gasteiger partial charge in [0, 0.05) is 30.7 Å². The first-order chi connectivity index (χ1) is 17.5. The fraction of sp³-hybridized carbons (Fsp3) is 0.440. The van der Waals surface area contributed by atoms with Gasteiger partial charge in [0.1, 0.15) is 19.0 Å². The van der Waals surface area contributed by atoms with E-state index in [1.54, 1.807) is 18.1 Å². The lowest BCUT2D eigenvalue weighted by Gasteiger charge is -2.33. The minimum atomic E-state index is -0.183. The molecule has 4 heterocycles. The molecule has 3 aromatic heterocycles. The smallest absolute Gasteiger partial charge is 0.252 e. The maximum atomic E-state index is 13.2. The van der Waals surface area contributed by atoms with Gasteiger partial charge in [-0.2, -0.15) is 0 Å². The van der Waals surface area contributed by atoms with Crippen LogP contribution in [-0.2, 0) is 24.4 Å². The van der Waals surface area contributed by atoms with Crippen LogP contribution in [0.2, 0.25) is 0 Å². The van der Waals surface area contributed by atoms with Crippen molar-refractivity contribution in [1.29, 1.82) is 0 Å². The number of fused-ring (bicyclic) bond motifs is 2. The predicted molar refractivity (Wildman–Crippen MR) is 131 cm³/mol. The van der Waals surface area contributed by atoms with Gasteiger partial charge >= 0.3 is 0 Å². The number of tetrazole rings is 1. The lowest BCUT2D eigenvalue weighted by Crippen LogP contribution is -2.35. The number of furan rings is 1. The number of nitrogens with one attached hydrogen (secondary N) is 1. The van der Waals surface area contributed by atoms with Gasteiger partial charge in [0.15, 0.2) is 17.3 Å². The molecule has 5 rings (SSSR count). The molecule has 4 aromatic rings. The van der Waals surface area contributed by atoms with Crippen molar-refractivity contribution >= 4 is 10.9 Å². The first kappa shape index (κ1) is 24.0. The summed E-state index contributed by atoms with van der Waals surface area (Å²) in [5, 5.41) is 13.3. The zero-order chi connectivity index (χ0) is 25.1. The monoisotopic (exact) mass is 494 g/mol. The van der Waals surface area contributed by atoms with E-state index in [4.69, 9.17) is 18.6 Å². The van der Waals surface area contributed by atoms with Gasteiger partial charge in [0.25, 0.3) is 5.56 Å². The van der Waals surface area contributed by atoms with E-state index in [1.807, 2.05) is 30.3 Å². The minimum absolute atomic E-state index is 0.143. The second-order valence-corrected chi connectivity index (χ2v) is 9.13. The van der Waals surface area contributed by atoms with E-state index in [0.29, 0.717) is 67.9 Å². The van der Waals surface area contributed by atoms with Gasteiger partial charge in [-0.05, 0) is 40.6 Å². The van der Waals surface area contributed by atoms with Gasteiger partial charge in [0.2, 0.25) is 0 Å². The molecule has 0 aliphatic carbocycles. The number of H-pyrrole nitrogens is 1. The molecule has 1 aromatic carbocycles. The SMILES string of the molecule is COCCn1nnnc1[C@@H](C(C)C)N(Cc1ccco1)Cc1cc2cc3c(cc2[nH]c1=O)OCCO3. The standard InChI is InChI=1S/C25H30N6O5/c1-16(2)23(24-27-28-29-31(24)6-8-33-3)30(15-19-5-4-7-34-19)14-18-11-17-12-21-22(36-10-9-35-21)13-20(17)26-25(18)32/h4-5,7,11-13,16,23H,6,8-10,14-15H2,1-3H3,(H,26,32)/t23-/m1/s1. The molecule has 0 saturated heterocycles. The molecule has 36 heavy (non-hydrogen) atoms. The molecule has 1 atom stereocenters. The lowest BCUT2D eigenvalue weighted by atomic mass is 10.00. The molecule has 11 nitrogen and oxygen atoms in total. The number of pyridine rings is 1. The van der Waals surface area contributed by atoms with Crippen LogP contribution in [0.3, 0.4) is 0 Å². The molecule has 0 spiro atoms. The van der Waals surface area contributed by atoms with Crippen molar-refractivity contribution in [1.82, 2.24) is 30.1 Å². The number of hydrogen-bond donors (Lipinski definition) is 1. The van der Waals surface area contributed by atoms with Gasteiger partial charge < -0.3 is 23.6 Å². The highest BCUT2D eigenvalue weighted by molar-refractivity contribution is 5.83. The number of aromatic amines is 1. The summed E-state index contributed by atoms with van der Waals surface area (Å²) < 4.78 is 24.1. The largest absolute Gasteiger partial charge is 0.486 e. The van der Waals surface area contributed by atoms with Gasteiger partial charge in [0.05, 0.1) is 37.5 Å². The van der Waals surface area contributed by atoms with Gasteiger partial charge in [-0.1, -0.05) is 13.8 Å². The van der Waals surface area contributed by atoms with Crippen LogP contribution in [0, 0.1) is 5.92 Å². The molecule has 0 bridgehead atoms. The first-order valence-electron chi connectivity index (χ1n) is 12.0. The summed E-state index contributed by atoms with van der Waals surface area (Å²) in [5.74, 6) is 2.96. The zero-order valence-corrected chi connectivity index (χ0v) is 20.6. The Hall–Kier alpha value is -3.70. The van der Waals surface area contributed by atoms with Gasteiger partial charge in [-0.15, -0.1) is 5.10 Å². The molecule has 0 amide bonds. The Balaban J connectivity index is 1.53. The maximum absolute atomic E-state index is 13.2. The number of nitrogens with zero attached hydrogens (tertiary/aromatic N) is 5. The summed E-state index contributed by atoms with van der Waals surface area (Å²) in [4.78, 5) is 18.4. The first-order valence-corrected chi connectivity index (χ1v) is 12.0. The molecule has 11 heteroatoms. The van der Waals surface area contributed by atoms with Crippen LogP contribution in [0.25, 0.3) is 10.9 Å². The minimum Gasteiger partial charge on any atom is -0.486 e. The third-order valence-corrected chi connectivity index (χ3v) is 6.25. The lowest BCUT2D eigenvalue weighted by molar-refractivity contribution is 0.112. The van der Waals surface area contributed by atoms with E-state index in [-0.39, 0.29) is 17.5 Å². The highest BCUT2D eigenvalue weighted by Crippen LogP contribution is 2.34. The number of methoxy groups -OCH3 is 1. The Morgan fingerprint density at radius 2 is 1.97 bits per heavy atom. The number of benzene rings is 1. The van der Waals surface area contributed by atoms with Gasteiger partial charge in [-0.3, -0.25) is 9.69 Å². The van der Waals surface area contributed by atoms with Crippen LogP contribution in [0.15, 0.2) is 45.8 Å². The highest BCUT2D eigenvalue weighted by atomic mass is 16.6. The Kier molecular flexibility index (Phi) is 7.01. The van der Waals surface area contributed by atoms with Crippen molar-refractivity contribution in [2.75, 3.05) is 26.9 Å². The molecular formula is C25H30N6O5. The van der Waals surface area contributed by atoms with E-state index in [9.17, 15) is 4.79 Å². The van der Waals surface area contributed by atoms with Crippen LogP contribution >= 0.6 is 0 Å². The average Bonchev–Trinajstić information content (AvgIpc) is 3.54. The Morgan fingerprint density at radius 1 is 1.17 bits per heavy atom. The third kappa shape index (κ3) is 4.98. The number of rotatable bonds is 10. The third-order valence-electron chi connectivity index (χ3n) is 6.25. The van der Waals surface area contributed by atoms with Crippen molar-refractivity contribution in [3.8, 4) is 11.5 Å². The van der Waals surface area contributed by atoms with Crippen LogP contribution in [-0.4, -0.2) is 57.0 Å².